The molecular weight excluding hydrogens is 240 g/mol. The first-order valence-electron chi connectivity index (χ1n) is 5.85. The molecule has 1 aromatic rings. The lowest BCUT2D eigenvalue weighted by atomic mass is 10.2. The summed E-state index contributed by atoms with van der Waals surface area (Å²) in [6.07, 6.45) is 0. The van der Waals surface area contributed by atoms with Gasteiger partial charge in [0.2, 0.25) is 5.88 Å². The first kappa shape index (κ1) is 12.5. The van der Waals surface area contributed by atoms with Crippen LogP contribution in [0.5, 0.6) is 5.88 Å². The van der Waals surface area contributed by atoms with Gasteiger partial charge in [0.1, 0.15) is 5.82 Å². The summed E-state index contributed by atoms with van der Waals surface area (Å²) in [6.45, 7) is 4.76. The van der Waals surface area contributed by atoms with Crippen molar-refractivity contribution in [3.8, 4) is 5.88 Å². The van der Waals surface area contributed by atoms with Gasteiger partial charge in [-0.25, -0.2) is 0 Å². The van der Waals surface area contributed by atoms with Crippen molar-refractivity contribution in [3.63, 3.8) is 0 Å². The Balaban J connectivity index is 2.16. The molecule has 1 aromatic heterocycles. The molecule has 2 rings (SSSR count). The summed E-state index contributed by atoms with van der Waals surface area (Å²) in [7, 11) is 0. The standard InChI is InChI=1S/C12H17ClN2O2/c1-2-17-12-5-3-4-11(14-12)15-6-7-16-9-10(15)8-13/h3-5,10H,2,6-9H2,1H3. The largest absolute Gasteiger partial charge is 0.478 e. The van der Waals surface area contributed by atoms with Crippen LogP contribution >= 0.6 is 11.6 Å². The third-order valence-corrected chi connectivity index (χ3v) is 3.06. The molecule has 1 aliphatic rings. The summed E-state index contributed by atoms with van der Waals surface area (Å²) >= 11 is 5.95. The van der Waals surface area contributed by atoms with Crippen molar-refractivity contribution in [1.29, 1.82) is 0 Å². The number of nitrogens with zero attached hydrogens (tertiary/aromatic N) is 2. The molecule has 17 heavy (non-hydrogen) atoms. The fourth-order valence-corrected chi connectivity index (χ4v) is 2.13. The van der Waals surface area contributed by atoms with E-state index in [9.17, 15) is 0 Å². The second kappa shape index (κ2) is 6.07. The number of aromatic nitrogens is 1. The predicted molar refractivity (Wildman–Crippen MR) is 68.1 cm³/mol. The molecular formula is C12H17ClN2O2. The van der Waals surface area contributed by atoms with Gasteiger partial charge in [0, 0.05) is 18.5 Å². The molecule has 0 radical (unpaired) electrons. The number of ether oxygens (including phenoxy) is 2. The SMILES string of the molecule is CCOc1cccc(N2CCOCC2CCl)n1. The number of rotatable bonds is 4. The Bertz CT molecular complexity index is 362. The maximum Gasteiger partial charge on any atom is 0.215 e. The number of halogens is 1. The van der Waals surface area contributed by atoms with E-state index in [1.807, 2.05) is 25.1 Å². The Morgan fingerprint density at radius 1 is 1.59 bits per heavy atom. The van der Waals surface area contributed by atoms with Crippen molar-refractivity contribution in [2.75, 3.05) is 37.1 Å². The smallest absolute Gasteiger partial charge is 0.215 e. The van der Waals surface area contributed by atoms with Crippen LogP contribution in [-0.2, 0) is 4.74 Å². The first-order chi connectivity index (χ1) is 8.35. The first-order valence-corrected chi connectivity index (χ1v) is 6.38. The van der Waals surface area contributed by atoms with Gasteiger partial charge in [-0.1, -0.05) is 6.07 Å². The number of pyridine rings is 1. The summed E-state index contributed by atoms with van der Waals surface area (Å²) in [5.41, 5.74) is 0. The van der Waals surface area contributed by atoms with Crippen LogP contribution in [0.2, 0.25) is 0 Å². The van der Waals surface area contributed by atoms with Gasteiger partial charge < -0.3 is 14.4 Å². The Morgan fingerprint density at radius 2 is 2.47 bits per heavy atom. The fourth-order valence-electron chi connectivity index (χ4n) is 1.88. The van der Waals surface area contributed by atoms with Gasteiger partial charge in [0.05, 0.1) is 25.9 Å². The monoisotopic (exact) mass is 256 g/mol. The van der Waals surface area contributed by atoms with Crippen LogP contribution in [-0.4, -0.2) is 43.3 Å². The Morgan fingerprint density at radius 3 is 3.24 bits per heavy atom. The number of anilines is 1. The van der Waals surface area contributed by atoms with Crippen molar-refractivity contribution >= 4 is 17.4 Å². The van der Waals surface area contributed by atoms with Gasteiger partial charge in [-0.2, -0.15) is 4.98 Å². The second-order valence-corrected chi connectivity index (χ2v) is 4.15. The van der Waals surface area contributed by atoms with Crippen LogP contribution < -0.4 is 9.64 Å². The molecule has 0 bridgehead atoms. The molecule has 0 saturated carbocycles. The van der Waals surface area contributed by atoms with Gasteiger partial charge in [0.15, 0.2) is 0 Å². The average Bonchev–Trinajstić information content (AvgIpc) is 2.39. The van der Waals surface area contributed by atoms with Crippen molar-refractivity contribution in [2.45, 2.75) is 13.0 Å². The van der Waals surface area contributed by atoms with E-state index in [1.165, 1.54) is 0 Å². The van der Waals surface area contributed by atoms with Crippen LogP contribution in [0.25, 0.3) is 0 Å². The number of alkyl halides is 1. The van der Waals surface area contributed by atoms with E-state index in [1.54, 1.807) is 0 Å². The predicted octanol–water partition coefficient (Wildman–Crippen LogP) is 1.92. The number of hydrogen-bond donors (Lipinski definition) is 0. The normalized spacial score (nSPS) is 20.4. The highest BCUT2D eigenvalue weighted by Crippen LogP contribution is 2.20. The summed E-state index contributed by atoms with van der Waals surface area (Å²) in [5.74, 6) is 2.11. The Hall–Kier alpha value is -1.00. The zero-order valence-electron chi connectivity index (χ0n) is 9.93. The van der Waals surface area contributed by atoms with E-state index in [0.29, 0.717) is 31.6 Å². The van der Waals surface area contributed by atoms with Crippen LogP contribution in [0, 0.1) is 0 Å². The molecule has 1 saturated heterocycles. The van der Waals surface area contributed by atoms with Crippen LogP contribution in [0.15, 0.2) is 18.2 Å². The van der Waals surface area contributed by atoms with Gasteiger partial charge >= 0.3 is 0 Å². The van der Waals surface area contributed by atoms with Crippen molar-refractivity contribution < 1.29 is 9.47 Å². The van der Waals surface area contributed by atoms with Crippen molar-refractivity contribution in [2.24, 2.45) is 0 Å². The third kappa shape index (κ3) is 3.01. The highest BCUT2D eigenvalue weighted by molar-refractivity contribution is 6.18. The van der Waals surface area contributed by atoms with Gasteiger partial charge in [-0.3, -0.25) is 0 Å². The highest BCUT2D eigenvalue weighted by atomic mass is 35.5. The molecule has 0 amide bonds. The fraction of sp³-hybridized carbons (Fsp3) is 0.583. The van der Waals surface area contributed by atoms with Crippen molar-refractivity contribution in [1.82, 2.24) is 4.98 Å². The lowest BCUT2D eigenvalue weighted by Crippen LogP contribution is -2.47. The zero-order chi connectivity index (χ0) is 12.1. The highest BCUT2D eigenvalue weighted by Gasteiger charge is 2.23. The minimum Gasteiger partial charge on any atom is -0.478 e. The summed E-state index contributed by atoms with van der Waals surface area (Å²) in [5, 5.41) is 0. The molecule has 1 aliphatic heterocycles. The number of hydrogen-bond acceptors (Lipinski definition) is 4. The maximum atomic E-state index is 5.95. The van der Waals surface area contributed by atoms with Gasteiger partial charge in [-0.15, -0.1) is 11.6 Å². The molecule has 0 aliphatic carbocycles. The minimum atomic E-state index is 0.190. The van der Waals surface area contributed by atoms with Crippen LogP contribution in [0.3, 0.4) is 0 Å². The number of morpholine rings is 1. The van der Waals surface area contributed by atoms with E-state index in [0.717, 1.165) is 12.4 Å². The lowest BCUT2D eigenvalue weighted by molar-refractivity contribution is 0.0993. The second-order valence-electron chi connectivity index (χ2n) is 3.84. The summed E-state index contributed by atoms with van der Waals surface area (Å²) in [6, 6.07) is 5.99. The third-order valence-electron chi connectivity index (χ3n) is 2.70. The molecule has 2 heterocycles. The van der Waals surface area contributed by atoms with Gasteiger partial charge in [-0.05, 0) is 13.0 Å². The molecule has 94 valence electrons. The zero-order valence-corrected chi connectivity index (χ0v) is 10.7. The van der Waals surface area contributed by atoms with E-state index in [-0.39, 0.29) is 6.04 Å². The van der Waals surface area contributed by atoms with E-state index in [4.69, 9.17) is 21.1 Å². The minimum absolute atomic E-state index is 0.190. The van der Waals surface area contributed by atoms with Crippen LogP contribution in [0.1, 0.15) is 6.92 Å². The maximum absolute atomic E-state index is 5.95. The molecule has 0 aromatic carbocycles. The quantitative estimate of drug-likeness (QED) is 0.771. The molecule has 0 N–H and O–H groups in total. The molecule has 1 unspecified atom stereocenters. The van der Waals surface area contributed by atoms with Gasteiger partial charge in [0.25, 0.3) is 0 Å². The molecule has 0 spiro atoms. The Kier molecular flexibility index (Phi) is 4.45. The molecule has 4 nitrogen and oxygen atoms in total. The van der Waals surface area contributed by atoms with Crippen molar-refractivity contribution in [3.05, 3.63) is 18.2 Å². The van der Waals surface area contributed by atoms with E-state index < -0.39 is 0 Å². The van der Waals surface area contributed by atoms with E-state index >= 15 is 0 Å². The van der Waals surface area contributed by atoms with Crippen LogP contribution in [0.4, 0.5) is 5.82 Å². The molecule has 5 heteroatoms. The summed E-state index contributed by atoms with van der Waals surface area (Å²) in [4.78, 5) is 6.65. The summed E-state index contributed by atoms with van der Waals surface area (Å²) < 4.78 is 10.8. The average molecular weight is 257 g/mol. The van der Waals surface area contributed by atoms with E-state index in [2.05, 4.69) is 9.88 Å². The Labute approximate surface area is 106 Å². The topological polar surface area (TPSA) is 34.6 Å². The molecule has 1 atom stereocenters. The lowest BCUT2D eigenvalue weighted by Gasteiger charge is -2.35. The molecule has 1 fully saturated rings.